The molecule has 0 amide bonds. The van der Waals surface area contributed by atoms with E-state index in [9.17, 15) is 4.39 Å². The van der Waals surface area contributed by atoms with Crippen LogP contribution in [0, 0.1) is 5.82 Å². The van der Waals surface area contributed by atoms with Gasteiger partial charge >= 0.3 is 0 Å². The molecule has 0 fully saturated rings. The molecule has 2 nitrogen and oxygen atoms in total. The molecule has 0 saturated heterocycles. The van der Waals surface area contributed by atoms with Crippen LogP contribution in [0.15, 0.2) is 47.2 Å². The van der Waals surface area contributed by atoms with Crippen molar-refractivity contribution in [1.29, 1.82) is 0 Å². The van der Waals surface area contributed by atoms with Gasteiger partial charge in [-0.15, -0.1) is 0 Å². The first kappa shape index (κ1) is 12.0. The van der Waals surface area contributed by atoms with Gasteiger partial charge < -0.3 is 5.32 Å². The van der Waals surface area contributed by atoms with E-state index >= 15 is 0 Å². The van der Waals surface area contributed by atoms with E-state index in [1.165, 1.54) is 6.07 Å². The third-order valence-electron chi connectivity index (χ3n) is 2.51. The van der Waals surface area contributed by atoms with E-state index in [2.05, 4.69) is 26.2 Å². The number of halogens is 2. The van der Waals surface area contributed by atoms with Crippen LogP contribution < -0.4 is 5.32 Å². The van der Waals surface area contributed by atoms with E-state index in [1.807, 2.05) is 25.1 Å². The Hall–Kier alpha value is -1.42. The molecule has 0 spiro atoms. The van der Waals surface area contributed by atoms with E-state index in [0.29, 0.717) is 4.47 Å². The van der Waals surface area contributed by atoms with Crippen molar-refractivity contribution in [2.24, 2.45) is 0 Å². The molecule has 0 bridgehead atoms. The van der Waals surface area contributed by atoms with Crippen LogP contribution >= 0.6 is 15.9 Å². The largest absolute Gasteiger partial charge is 0.378 e. The highest BCUT2D eigenvalue weighted by Crippen LogP contribution is 2.23. The summed E-state index contributed by atoms with van der Waals surface area (Å²) in [4.78, 5) is 3.97. The third-order valence-corrected chi connectivity index (χ3v) is 3.15. The third kappa shape index (κ3) is 3.03. The standard InChI is InChI=1S/C13H12BrFN2/c1-9(10-4-6-16-7-5-10)17-11-2-3-12(14)13(15)8-11/h2-9,17H,1H3. The molecular weight excluding hydrogens is 283 g/mol. The lowest BCUT2D eigenvalue weighted by Gasteiger charge is -2.15. The van der Waals surface area contributed by atoms with Crippen LogP contribution in [-0.2, 0) is 0 Å². The Morgan fingerprint density at radius 1 is 1.24 bits per heavy atom. The minimum atomic E-state index is -0.267. The molecule has 17 heavy (non-hydrogen) atoms. The molecule has 1 N–H and O–H groups in total. The van der Waals surface area contributed by atoms with Crippen LogP contribution in [0.1, 0.15) is 18.5 Å². The van der Waals surface area contributed by atoms with Gasteiger partial charge in [0.2, 0.25) is 0 Å². The Balaban J connectivity index is 2.13. The van der Waals surface area contributed by atoms with Crippen molar-refractivity contribution in [3.05, 3.63) is 58.6 Å². The Kier molecular flexibility index (Phi) is 3.74. The van der Waals surface area contributed by atoms with Crippen LogP contribution in [0.25, 0.3) is 0 Å². The zero-order valence-electron chi connectivity index (χ0n) is 9.32. The summed E-state index contributed by atoms with van der Waals surface area (Å²) in [6.07, 6.45) is 3.49. The number of nitrogens with zero attached hydrogens (tertiary/aromatic N) is 1. The fourth-order valence-corrected chi connectivity index (χ4v) is 1.82. The molecule has 1 aromatic carbocycles. The summed E-state index contributed by atoms with van der Waals surface area (Å²) in [7, 11) is 0. The van der Waals surface area contributed by atoms with Crippen LogP contribution in [0.2, 0.25) is 0 Å². The number of anilines is 1. The van der Waals surface area contributed by atoms with Gasteiger partial charge in [0.25, 0.3) is 0 Å². The van der Waals surface area contributed by atoms with E-state index in [0.717, 1.165) is 11.3 Å². The molecule has 0 radical (unpaired) electrons. The summed E-state index contributed by atoms with van der Waals surface area (Å²) < 4.78 is 13.8. The van der Waals surface area contributed by atoms with Gasteiger partial charge in [-0.3, -0.25) is 4.98 Å². The second-order valence-electron chi connectivity index (χ2n) is 3.78. The fourth-order valence-electron chi connectivity index (χ4n) is 1.57. The SMILES string of the molecule is CC(Nc1ccc(Br)c(F)c1)c1ccncc1. The van der Waals surface area contributed by atoms with E-state index < -0.39 is 0 Å². The van der Waals surface area contributed by atoms with Gasteiger partial charge in [0.1, 0.15) is 5.82 Å². The van der Waals surface area contributed by atoms with Gasteiger partial charge in [-0.05, 0) is 58.7 Å². The lowest BCUT2D eigenvalue weighted by Crippen LogP contribution is -2.06. The van der Waals surface area contributed by atoms with Crippen molar-refractivity contribution in [2.45, 2.75) is 13.0 Å². The fraction of sp³-hybridized carbons (Fsp3) is 0.154. The predicted molar refractivity (Wildman–Crippen MR) is 70.4 cm³/mol. The summed E-state index contributed by atoms with van der Waals surface area (Å²) in [5.41, 5.74) is 1.87. The van der Waals surface area contributed by atoms with E-state index in [-0.39, 0.29) is 11.9 Å². The van der Waals surface area contributed by atoms with Crippen molar-refractivity contribution in [2.75, 3.05) is 5.32 Å². The maximum Gasteiger partial charge on any atom is 0.139 e. The second kappa shape index (κ2) is 5.27. The minimum Gasteiger partial charge on any atom is -0.378 e. The summed E-state index contributed by atoms with van der Waals surface area (Å²) in [6, 6.07) is 8.99. The zero-order chi connectivity index (χ0) is 12.3. The van der Waals surface area contributed by atoms with Crippen molar-refractivity contribution < 1.29 is 4.39 Å². The number of hydrogen-bond acceptors (Lipinski definition) is 2. The molecule has 0 saturated carbocycles. The summed E-state index contributed by atoms with van der Waals surface area (Å²) in [6.45, 7) is 2.02. The number of pyridine rings is 1. The molecule has 2 rings (SSSR count). The van der Waals surface area contributed by atoms with Gasteiger partial charge in [-0.2, -0.15) is 0 Å². The van der Waals surface area contributed by atoms with Gasteiger partial charge in [0.15, 0.2) is 0 Å². The van der Waals surface area contributed by atoms with Crippen molar-refractivity contribution in [3.63, 3.8) is 0 Å². The summed E-state index contributed by atoms with van der Waals surface area (Å²) >= 11 is 3.13. The number of rotatable bonds is 3. The maximum atomic E-state index is 13.3. The quantitative estimate of drug-likeness (QED) is 0.919. The first-order valence-corrected chi connectivity index (χ1v) is 6.07. The van der Waals surface area contributed by atoms with E-state index in [4.69, 9.17) is 0 Å². The Morgan fingerprint density at radius 3 is 2.59 bits per heavy atom. The molecule has 1 heterocycles. The first-order chi connectivity index (χ1) is 8.16. The molecular formula is C13H12BrFN2. The normalized spacial score (nSPS) is 12.2. The second-order valence-corrected chi connectivity index (χ2v) is 4.63. The monoisotopic (exact) mass is 294 g/mol. The smallest absolute Gasteiger partial charge is 0.139 e. The number of nitrogens with one attached hydrogen (secondary N) is 1. The molecule has 2 aromatic rings. The zero-order valence-corrected chi connectivity index (χ0v) is 10.9. The van der Waals surface area contributed by atoms with Crippen LogP contribution in [0.5, 0.6) is 0 Å². The number of aromatic nitrogens is 1. The van der Waals surface area contributed by atoms with Crippen molar-refractivity contribution in [3.8, 4) is 0 Å². The minimum absolute atomic E-state index is 0.110. The molecule has 1 unspecified atom stereocenters. The molecule has 0 aliphatic heterocycles. The summed E-state index contributed by atoms with van der Waals surface area (Å²) in [5.74, 6) is -0.267. The van der Waals surface area contributed by atoms with Gasteiger partial charge in [0, 0.05) is 24.1 Å². The number of hydrogen-bond donors (Lipinski definition) is 1. The maximum absolute atomic E-state index is 13.3. The van der Waals surface area contributed by atoms with Crippen LogP contribution in [0.4, 0.5) is 10.1 Å². The lowest BCUT2D eigenvalue weighted by molar-refractivity contribution is 0.621. The highest BCUT2D eigenvalue weighted by Gasteiger charge is 2.06. The Bertz CT molecular complexity index is 502. The molecule has 0 aliphatic rings. The molecule has 0 aliphatic carbocycles. The summed E-state index contributed by atoms with van der Waals surface area (Å²) in [5, 5.41) is 3.24. The molecule has 1 aromatic heterocycles. The van der Waals surface area contributed by atoms with Gasteiger partial charge in [-0.1, -0.05) is 0 Å². The average molecular weight is 295 g/mol. The van der Waals surface area contributed by atoms with Crippen molar-refractivity contribution >= 4 is 21.6 Å². The van der Waals surface area contributed by atoms with Crippen LogP contribution in [-0.4, -0.2) is 4.98 Å². The predicted octanol–water partition coefficient (Wildman–Crippen LogP) is 4.16. The van der Waals surface area contributed by atoms with Crippen LogP contribution in [0.3, 0.4) is 0 Å². The highest BCUT2D eigenvalue weighted by molar-refractivity contribution is 9.10. The lowest BCUT2D eigenvalue weighted by atomic mass is 10.1. The molecule has 4 heteroatoms. The molecule has 1 atom stereocenters. The average Bonchev–Trinajstić information content (AvgIpc) is 2.35. The topological polar surface area (TPSA) is 24.9 Å². The Morgan fingerprint density at radius 2 is 1.94 bits per heavy atom. The highest BCUT2D eigenvalue weighted by atomic mass is 79.9. The Labute approximate surface area is 108 Å². The first-order valence-electron chi connectivity index (χ1n) is 5.28. The van der Waals surface area contributed by atoms with E-state index in [1.54, 1.807) is 18.5 Å². The van der Waals surface area contributed by atoms with Gasteiger partial charge in [-0.25, -0.2) is 4.39 Å². The van der Waals surface area contributed by atoms with Crippen molar-refractivity contribution in [1.82, 2.24) is 4.98 Å². The molecule has 88 valence electrons. The number of benzene rings is 1. The van der Waals surface area contributed by atoms with Gasteiger partial charge in [0.05, 0.1) is 4.47 Å².